The molecule has 1 aromatic rings. The molecule has 4 nitrogen and oxygen atoms in total. The van der Waals surface area contributed by atoms with Crippen LogP contribution in [0.4, 0.5) is 0 Å². The fourth-order valence-corrected chi connectivity index (χ4v) is 5.50. The van der Waals surface area contributed by atoms with E-state index in [1.807, 2.05) is 12.1 Å². The molecule has 4 heteroatoms. The maximum atomic E-state index is 12.6. The van der Waals surface area contributed by atoms with Crippen molar-refractivity contribution in [1.82, 2.24) is 0 Å². The van der Waals surface area contributed by atoms with Crippen molar-refractivity contribution in [3.05, 3.63) is 35.4 Å². The molecule has 2 aliphatic heterocycles. The van der Waals surface area contributed by atoms with E-state index in [1.165, 1.54) is 5.56 Å². The molecule has 1 unspecified atom stereocenters. The Bertz CT molecular complexity index is 767. The Morgan fingerprint density at radius 1 is 1.30 bits per heavy atom. The summed E-state index contributed by atoms with van der Waals surface area (Å²) in [5.41, 5.74) is 1.19. The molecule has 5 rings (SSSR count). The number of hydrogen-bond acceptors (Lipinski definition) is 4. The van der Waals surface area contributed by atoms with E-state index in [4.69, 9.17) is 9.47 Å². The number of aromatic hydroxyl groups is 1. The van der Waals surface area contributed by atoms with Gasteiger partial charge in [-0.25, -0.2) is 0 Å². The largest absolute Gasteiger partial charge is 0.504 e. The van der Waals surface area contributed by atoms with E-state index in [0.717, 1.165) is 24.8 Å². The van der Waals surface area contributed by atoms with Gasteiger partial charge in [-0.05, 0) is 55.9 Å². The molecular weight excluding hydrogens is 292 g/mol. The number of phenolic OH excluding ortho intramolecular Hbond substituents is 1. The Hall–Kier alpha value is -1.81. The van der Waals surface area contributed by atoms with E-state index in [0.29, 0.717) is 5.75 Å². The van der Waals surface area contributed by atoms with Crippen LogP contribution in [0.2, 0.25) is 0 Å². The molecule has 1 saturated heterocycles. The summed E-state index contributed by atoms with van der Waals surface area (Å²) >= 11 is 0. The molecule has 0 aromatic heterocycles. The van der Waals surface area contributed by atoms with Crippen LogP contribution < -0.4 is 4.74 Å². The molecule has 1 fully saturated rings. The molecule has 1 spiro atoms. The zero-order chi connectivity index (χ0) is 16.0. The van der Waals surface area contributed by atoms with Gasteiger partial charge in [0.05, 0.1) is 11.5 Å². The standard InChI is InChI=1S/C19H20O4/c1-10-9-12-3-4-13(20)16-15(12)18-7-5-11(2)23-19(10,18)8-6-14(21)17(18)22-16/h3-4,6,8,10-11,17,20H,5,7,9H2,1-2H3/t10-,11?,17+,18+,19-/m1/s1. The number of rotatable bonds is 0. The van der Waals surface area contributed by atoms with Gasteiger partial charge in [0.1, 0.15) is 5.60 Å². The van der Waals surface area contributed by atoms with E-state index in [2.05, 4.69) is 13.8 Å². The van der Waals surface area contributed by atoms with Crippen molar-refractivity contribution in [3.8, 4) is 11.5 Å². The molecule has 0 amide bonds. The Balaban J connectivity index is 1.89. The number of ketones is 1. The third kappa shape index (κ3) is 1.32. The second-order valence-corrected chi connectivity index (χ2v) is 7.52. The number of benzene rings is 1. The maximum absolute atomic E-state index is 12.6. The Labute approximate surface area is 135 Å². The number of phenols is 1. The van der Waals surface area contributed by atoms with Crippen LogP contribution in [0.15, 0.2) is 24.3 Å². The molecule has 0 saturated carbocycles. The number of carbonyl (C=O) groups excluding carboxylic acids is 1. The number of hydrogen-bond donors (Lipinski definition) is 1. The van der Waals surface area contributed by atoms with Crippen LogP contribution in [0.5, 0.6) is 11.5 Å². The average Bonchev–Trinajstić information content (AvgIpc) is 2.88. The number of ether oxygens (including phenoxy) is 2. The van der Waals surface area contributed by atoms with Gasteiger partial charge in [-0.3, -0.25) is 4.79 Å². The fourth-order valence-electron chi connectivity index (χ4n) is 5.50. The first kappa shape index (κ1) is 13.6. The lowest BCUT2D eigenvalue weighted by atomic mass is 9.50. The van der Waals surface area contributed by atoms with Crippen molar-refractivity contribution in [2.24, 2.45) is 5.92 Å². The van der Waals surface area contributed by atoms with Crippen LogP contribution in [-0.4, -0.2) is 28.7 Å². The van der Waals surface area contributed by atoms with E-state index < -0.39 is 17.1 Å². The summed E-state index contributed by atoms with van der Waals surface area (Å²) in [4.78, 5) is 12.6. The van der Waals surface area contributed by atoms with Crippen molar-refractivity contribution in [1.29, 1.82) is 0 Å². The van der Waals surface area contributed by atoms with Gasteiger partial charge >= 0.3 is 0 Å². The minimum Gasteiger partial charge on any atom is -0.504 e. The predicted octanol–water partition coefficient (Wildman–Crippen LogP) is 2.66. The molecule has 2 aliphatic carbocycles. The molecule has 120 valence electrons. The summed E-state index contributed by atoms with van der Waals surface area (Å²) in [6.07, 6.45) is 5.80. The van der Waals surface area contributed by atoms with Crippen LogP contribution >= 0.6 is 0 Å². The van der Waals surface area contributed by atoms with Crippen molar-refractivity contribution in [2.75, 3.05) is 0 Å². The first-order valence-electron chi connectivity index (χ1n) is 8.42. The molecule has 5 atom stereocenters. The SMILES string of the molecule is CC1CC[C@]23c4c5ccc(O)c4O[C@H]2C(=O)C=C[C@@]3(O1)[C@H](C)C5. The van der Waals surface area contributed by atoms with Gasteiger partial charge in [0.15, 0.2) is 23.4 Å². The van der Waals surface area contributed by atoms with Crippen LogP contribution in [0, 0.1) is 5.92 Å². The summed E-state index contributed by atoms with van der Waals surface area (Å²) in [5.74, 6) is 0.861. The predicted molar refractivity (Wildman–Crippen MR) is 83.7 cm³/mol. The Morgan fingerprint density at radius 2 is 2.13 bits per heavy atom. The minimum absolute atomic E-state index is 0.0190. The van der Waals surface area contributed by atoms with E-state index in [1.54, 1.807) is 12.1 Å². The van der Waals surface area contributed by atoms with Crippen molar-refractivity contribution in [2.45, 2.75) is 56.3 Å². The first-order chi connectivity index (χ1) is 11.0. The summed E-state index contributed by atoms with van der Waals surface area (Å²) in [6, 6.07) is 3.67. The summed E-state index contributed by atoms with van der Waals surface area (Å²) in [5, 5.41) is 10.3. The molecule has 0 bridgehead atoms. The third-order valence-corrected chi connectivity index (χ3v) is 6.40. The van der Waals surface area contributed by atoms with E-state index in [9.17, 15) is 9.90 Å². The van der Waals surface area contributed by atoms with Gasteiger partial charge in [0, 0.05) is 5.56 Å². The highest BCUT2D eigenvalue weighted by molar-refractivity contribution is 5.98. The average molecular weight is 312 g/mol. The van der Waals surface area contributed by atoms with Gasteiger partial charge < -0.3 is 14.6 Å². The summed E-state index contributed by atoms with van der Waals surface area (Å²) < 4.78 is 12.6. The lowest BCUT2D eigenvalue weighted by Crippen LogP contribution is -2.69. The van der Waals surface area contributed by atoms with E-state index in [-0.39, 0.29) is 23.6 Å². The van der Waals surface area contributed by atoms with Gasteiger partial charge in [-0.2, -0.15) is 0 Å². The van der Waals surface area contributed by atoms with Gasteiger partial charge in [-0.1, -0.05) is 13.0 Å². The zero-order valence-electron chi connectivity index (χ0n) is 13.3. The first-order valence-corrected chi connectivity index (χ1v) is 8.42. The molecule has 2 heterocycles. The van der Waals surface area contributed by atoms with Crippen molar-refractivity contribution < 1.29 is 19.4 Å². The summed E-state index contributed by atoms with van der Waals surface area (Å²) in [7, 11) is 0. The second-order valence-electron chi connectivity index (χ2n) is 7.52. The molecule has 1 aromatic carbocycles. The van der Waals surface area contributed by atoms with Crippen LogP contribution in [-0.2, 0) is 21.4 Å². The summed E-state index contributed by atoms with van der Waals surface area (Å²) in [6.45, 7) is 4.30. The van der Waals surface area contributed by atoms with Gasteiger partial charge in [-0.15, -0.1) is 0 Å². The quantitative estimate of drug-likeness (QED) is 0.800. The van der Waals surface area contributed by atoms with Crippen LogP contribution in [0.25, 0.3) is 0 Å². The molecule has 23 heavy (non-hydrogen) atoms. The second kappa shape index (κ2) is 3.99. The topological polar surface area (TPSA) is 55.8 Å². The van der Waals surface area contributed by atoms with E-state index >= 15 is 0 Å². The van der Waals surface area contributed by atoms with Gasteiger partial charge in [0.25, 0.3) is 0 Å². The Kier molecular flexibility index (Phi) is 2.36. The van der Waals surface area contributed by atoms with Crippen molar-refractivity contribution >= 4 is 5.78 Å². The van der Waals surface area contributed by atoms with Crippen molar-refractivity contribution in [3.63, 3.8) is 0 Å². The number of carbonyl (C=O) groups is 1. The van der Waals surface area contributed by atoms with Crippen LogP contribution in [0.1, 0.15) is 37.8 Å². The lowest BCUT2D eigenvalue weighted by molar-refractivity contribution is -0.193. The molecular formula is C19H20O4. The fraction of sp³-hybridized carbons (Fsp3) is 0.526. The highest BCUT2D eigenvalue weighted by Crippen LogP contribution is 2.65. The maximum Gasteiger partial charge on any atom is 0.196 e. The minimum atomic E-state index is -0.579. The highest BCUT2D eigenvalue weighted by Gasteiger charge is 2.71. The molecule has 0 radical (unpaired) electrons. The highest BCUT2D eigenvalue weighted by atomic mass is 16.5. The smallest absolute Gasteiger partial charge is 0.196 e. The molecule has 4 aliphatic rings. The van der Waals surface area contributed by atoms with Gasteiger partial charge in [0.2, 0.25) is 0 Å². The monoisotopic (exact) mass is 312 g/mol. The lowest BCUT2D eigenvalue weighted by Gasteiger charge is -2.59. The van der Waals surface area contributed by atoms with Crippen LogP contribution in [0.3, 0.4) is 0 Å². The Morgan fingerprint density at radius 3 is 2.96 bits per heavy atom. The molecule has 1 N–H and O–H groups in total. The third-order valence-electron chi connectivity index (χ3n) is 6.40. The zero-order valence-corrected chi connectivity index (χ0v) is 13.3. The normalized spacial score (nSPS) is 42.9.